The number of hydrogen-bond donors (Lipinski definition) is 2. The quantitative estimate of drug-likeness (QED) is 0.763. The molecule has 1 aromatic carbocycles. The van der Waals surface area contributed by atoms with Gasteiger partial charge in [0.25, 0.3) is 0 Å². The predicted octanol–water partition coefficient (Wildman–Crippen LogP) is 1.07. The normalized spacial score (nSPS) is 17.4. The van der Waals surface area contributed by atoms with E-state index in [0.717, 1.165) is 44.7 Å². The Bertz CT molecular complexity index is 571. The number of ether oxygens (including phenoxy) is 1. The third-order valence-electron chi connectivity index (χ3n) is 5.25. The number of carbonyl (C=O) groups excluding carboxylic acids is 2. The number of likely N-dealkylation sites (N-methyl/N-ethyl adjacent to an activating group) is 1. The molecular weight excluding hydrogens is 330 g/mol. The second-order valence-corrected chi connectivity index (χ2v) is 7.00. The third kappa shape index (κ3) is 5.73. The first-order chi connectivity index (χ1) is 12.5. The van der Waals surface area contributed by atoms with Crippen molar-refractivity contribution >= 4 is 12.0 Å². The van der Waals surface area contributed by atoms with Gasteiger partial charge >= 0.3 is 6.09 Å². The molecule has 1 heterocycles. The number of amides is 2. The Kier molecular flexibility index (Phi) is 7.91. The fourth-order valence-electron chi connectivity index (χ4n) is 3.17. The summed E-state index contributed by atoms with van der Waals surface area (Å²) in [5.74, 6) is 0.0643. The van der Waals surface area contributed by atoms with E-state index in [4.69, 9.17) is 4.74 Å². The molecule has 0 radical (unpaired) electrons. The van der Waals surface area contributed by atoms with Crippen LogP contribution in [0, 0.1) is 5.92 Å². The smallest absolute Gasteiger partial charge is 0.408 e. The van der Waals surface area contributed by atoms with E-state index in [0.29, 0.717) is 0 Å². The summed E-state index contributed by atoms with van der Waals surface area (Å²) in [4.78, 5) is 28.6. The number of carbonyl (C=O) groups is 2. The first-order valence-corrected chi connectivity index (χ1v) is 9.64. The van der Waals surface area contributed by atoms with Gasteiger partial charge in [0.2, 0.25) is 5.91 Å². The lowest BCUT2D eigenvalue weighted by Crippen LogP contribution is -3.14. The third-order valence-corrected chi connectivity index (χ3v) is 5.25. The maximum absolute atomic E-state index is 12.9. The van der Waals surface area contributed by atoms with E-state index in [1.807, 2.05) is 49.1 Å². The Balaban J connectivity index is 1.91. The fraction of sp³-hybridized carbons (Fsp3) is 0.600. The highest BCUT2D eigenvalue weighted by molar-refractivity contribution is 5.86. The zero-order valence-electron chi connectivity index (χ0n) is 16.2. The average Bonchev–Trinajstić information content (AvgIpc) is 2.70. The first kappa shape index (κ1) is 20.2. The maximum Gasteiger partial charge on any atom is 0.408 e. The summed E-state index contributed by atoms with van der Waals surface area (Å²) in [5.41, 5.74) is 0.924. The minimum Gasteiger partial charge on any atom is -0.445 e. The molecule has 2 N–H and O–H groups in total. The van der Waals surface area contributed by atoms with Gasteiger partial charge in [-0.25, -0.2) is 4.79 Å². The summed E-state index contributed by atoms with van der Waals surface area (Å²) in [5, 5.41) is 2.80. The Morgan fingerprint density at radius 2 is 1.85 bits per heavy atom. The highest BCUT2D eigenvalue weighted by Gasteiger charge is 2.32. The lowest BCUT2D eigenvalue weighted by atomic mass is 9.97. The van der Waals surface area contributed by atoms with Gasteiger partial charge in [0.05, 0.1) is 32.7 Å². The largest absolute Gasteiger partial charge is 0.445 e. The summed E-state index contributed by atoms with van der Waals surface area (Å²) < 4.78 is 5.30. The Hall–Kier alpha value is -2.08. The second-order valence-electron chi connectivity index (χ2n) is 7.00. The Morgan fingerprint density at radius 3 is 2.42 bits per heavy atom. The van der Waals surface area contributed by atoms with Crippen LogP contribution < -0.4 is 10.2 Å². The summed E-state index contributed by atoms with van der Waals surface area (Å²) in [6, 6.07) is 8.99. The predicted molar refractivity (Wildman–Crippen MR) is 101 cm³/mol. The van der Waals surface area contributed by atoms with E-state index >= 15 is 0 Å². The average molecular weight is 362 g/mol. The molecule has 6 nitrogen and oxygen atoms in total. The molecule has 1 aliphatic rings. The number of benzene rings is 1. The van der Waals surface area contributed by atoms with Crippen LogP contribution in [0.2, 0.25) is 0 Å². The van der Waals surface area contributed by atoms with Crippen LogP contribution in [0.15, 0.2) is 30.3 Å². The van der Waals surface area contributed by atoms with Gasteiger partial charge in [0.15, 0.2) is 0 Å². The van der Waals surface area contributed by atoms with Crippen molar-refractivity contribution in [2.45, 2.75) is 39.8 Å². The minimum atomic E-state index is -0.537. The highest BCUT2D eigenvalue weighted by atomic mass is 16.5. The monoisotopic (exact) mass is 362 g/mol. The summed E-state index contributed by atoms with van der Waals surface area (Å²) >= 11 is 0. The van der Waals surface area contributed by atoms with Crippen LogP contribution >= 0.6 is 0 Å². The number of nitrogens with zero attached hydrogens (tertiary/aromatic N) is 1. The number of alkyl carbamates (subject to hydrolysis) is 1. The van der Waals surface area contributed by atoms with Gasteiger partial charge in [-0.2, -0.15) is 0 Å². The SMILES string of the molecule is CC[C@H](C)[C@@H](NC(=O)OCc1ccccc1)C(=O)N1CC[NH+](CC)CC1. The van der Waals surface area contributed by atoms with Crippen LogP contribution in [0.3, 0.4) is 0 Å². The molecule has 1 aromatic rings. The molecule has 0 unspecified atom stereocenters. The van der Waals surface area contributed by atoms with Crippen LogP contribution in [0.1, 0.15) is 32.8 Å². The molecule has 0 aromatic heterocycles. The second kappa shape index (κ2) is 10.2. The molecule has 0 aliphatic carbocycles. The molecule has 0 spiro atoms. The van der Waals surface area contributed by atoms with E-state index < -0.39 is 12.1 Å². The van der Waals surface area contributed by atoms with E-state index in [9.17, 15) is 9.59 Å². The lowest BCUT2D eigenvalue weighted by Gasteiger charge is -2.35. The van der Waals surface area contributed by atoms with Crippen molar-refractivity contribution in [3.05, 3.63) is 35.9 Å². The molecule has 2 rings (SSSR count). The van der Waals surface area contributed by atoms with Gasteiger partial charge < -0.3 is 19.9 Å². The number of rotatable bonds is 7. The number of quaternary nitrogens is 1. The van der Waals surface area contributed by atoms with E-state index in [2.05, 4.69) is 12.2 Å². The van der Waals surface area contributed by atoms with Crippen LogP contribution in [-0.2, 0) is 16.1 Å². The van der Waals surface area contributed by atoms with Crippen molar-refractivity contribution in [1.82, 2.24) is 10.2 Å². The van der Waals surface area contributed by atoms with Crippen molar-refractivity contribution in [3.8, 4) is 0 Å². The standard InChI is InChI=1S/C20H31N3O3/c1-4-16(3)18(19(24)23-13-11-22(5-2)12-14-23)21-20(25)26-15-17-9-7-6-8-10-17/h6-10,16,18H,4-5,11-15H2,1-3H3,(H,21,25)/p+1/t16-,18+/m0/s1. The van der Waals surface area contributed by atoms with Crippen LogP contribution in [0.5, 0.6) is 0 Å². The van der Waals surface area contributed by atoms with Crippen LogP contribution in [0.25, 0.3) is 0 Å². The van der Waals surface area contributed by atoms with Gasteiger partial charge in [0, 0.05) is 0 Å². The molecule has 0 saturated carbocycles. The molecule has 1 fully saturated rings. The summed E-state index contributed by atoms with van der Waals surface area (Å²) in [6.45, 7) is 10.9. The number of nitrogens with one attached hydrogen (secondary N) is 2. The lowest BCUT2D eigenvalue weighted by molar-refractivity contribution is -0.902. The molecule has 6 heteroatoms. The van der Waals surface area contributed by atoms with E-state index in [-0.39, 0.29) is 18.4 Å². The number of hydrogen-bond acceptors (Lipinski definition) is 3. The fourth-order valence-corrected chi connectivity index (χ4v) is 3.17. The highest BCUT2D eigenvalue weighted by Crippen LogP contribution is 2.12. The van der Waals surface area contributed by atoms with Crippen LogP contribution in [0.4, 0.5) is 4.79 Å². The van der Waals surface area contributed by atoms with E-state index in [1.54, 1.807) is 0 Å². The zero-order valence-corrected chi connectivity index (χ0v) is 16.2. The van der Waals surface area contributed by atoms with Crippen molar-refractivity contribution in [2.24, 2.45) is 5.92 Å². The van der Waals surface area contributed by atoms with Gasteiger partial charge in [-0.05, 0) is 18.4 Å². The molecule has 2 atom stereocenters. The molecule has 144 valence electrons. The summed E-state index contributed by atoms with van der Waals surface area (Å²) in [6.07, 6.45) is 0.278. The number of piperazine rings is 1. The van der Waals surface area contributed by atoms with Gasteiger partial charge in [-0.15, -0.1) is 0 Å². The van der Waals surface area contributed by atoms with Gasteiger partial charge in [-0.1, -0.05) is 50.6 Å². The molecule has 2 amide bonds. The van der Waals surface area contributed by atoms with Crippen molar-refractivity contribution in [3.63, 3.8) is 0 Å². The van der Waals surface area contributed by atoms with Crippen molar-refractivity contribution < 1.29 is 19.2 Å². The van der Waals surface area contributed by atoms with Gasteiger partial charge in [0.1, 0.15) is 12.6 Å². The summed E-state index contributed by atoms with van der Waals surface area (Å²) in [7, 11) is 0. The topological polar surface area (TPSA) is 63.1 Å². The van der Waals surface area contributed by atoms with Crippen molar-refractivity contribution in [1.29, 1.82) is 0 Å². The van der Waals surface area contributed by atoms with E-state index in [1.165, 1.54) is 4.90 Å². The maximum atomic E-state index is 12.9. The molecule has 1 aliphatic heterocycles. The van der Waals surface area contributed by atoms with Gasteiger partial charge in [-0.3, -0.25) is 4.79 Å². The molecule has 26 heavy (non-hydrogen) atoms. The Labute approximate surface area is 156 Å². The van der Waals surface area contributed by atoms with Crippen LogP contribution in [-0.4, -0.2) is 55.7 Å². The first-order valence-electron chi connectivity index (χ1n) is 9.64. The molecular formula is C20H32N3O3+. The molecule has 0 bridgehead atoms. The Morgan fingerprint density at radius 1 is 1.19 bits per heavy atom. The van der Waals surface area contributed by atoms with Crippen molar-refractivity contribution in [2.75, 3.05) is 32.7 Å². The zero-order chi connectivity index (χ0) is 18.9. The molecule has 1 saturated heterocycles. The minimum absolute atomic E-state index is 0.00571.